The fraction of sp³-hybridized carbons (Fsp3) is 0.200. The summed E-state index contributed by atoms with van der Waals surface area (Å²) in [6.07, 6.45) is 0. The van der Waals surface area contributed by atoms with Crippen LogP contribution in [0.4, 0.5) is 0 Å². The first-order valence-electron chi connectivity index (χ1n) is 4.37. The van der Waals surface area contributed by atoms with Crippen molar-refractivity contribution in [2.45, 2.75) is 6.92 Å². The zero-order chi connectivity index (χ0) is 10.3. The summed E-state index contributed by atoms with van der Waals surface area (Å²) in [5, 5.41) is 7.34. The van der Waals surface area contributed by atoms with Crippen LogP contribution in [0.15, 0.2) is 18.2 Å². The third kappa shape index (κ3) is 1.16. The predicted octanol–water partition coefficient (Wildman–Crippen LogP) is 1.17. The number of aryl methyl sites for hydroxylation is 2. The molecular formula is C10H12N4. The van der Waals surface area contributed by atoms with Crippen LogP contribution in [0.1, 0.15) is 11.4 Å². The summed E-state index contributed by atoms with van der Waals surface area (Å²) in [7, 11) is 1.95. The maximum atomic E-state index is 7.34. The van der Waals surface area contributed by atoms with E-state index in [1.165, 1.54) is 0 Å². The van der Waals surface area contributed by atoms with E-state index in [2.05, 4.69) is 4.98 Å². The van der Waals surface area contributed by atoms with Crippen LogP contribution in [0.5, 0.6) is 0 Å². The molecule has 0 aliphatic carbocycles. The lowest BCUT2D eigenvalue weighted by atomic mass is 10.2. The maximum absolute atomic E-state index is 7.34. The first-order valence-corrected chi connectivity index (χ1v) is 4.37. The van der Waals surface area contributed by atoms with Crippen molar-refractivity contribution in [1.82, 2.24) is 9.55 Å². The highest BCUT2D eigenvalue weighted by Crippen LogP contribution is 2.15. The Kier molecular flexibility index (Phi) is 1.77. The minimum Gasteiger partial charge on any atom is -0.384 e. The third-order valence-corrected chi connectivity index (χ3v) is 2.42. The Bertz CT molecular complexity index is 510. The molecule has 0 spiro atoms. The molecule has 4 heteroatoms. The number of nitrogens with zero attached hydrogens (tertiary/aromatic N) is 2. The molecule has 2 rings (SSSR count). The van der Waals surface area contributed by atoms with Gasteiger partial charge in [0, 0.05) is 12.6 Å². The molecule has 14 heavy (non-hydrogen) atoms. The van der Waals surface area contributed by atoms with E-state index in [1.54, 1.807) is 0 Å². The Morgan fingerprint density at radius 2 is 2.21 bits per heavy atom. The average molecular weight is 188 g/mol. The molecule has 1 aromatic heterocycles. The predicted molar refractivity (Wildman–Crippen MR) is 56.5 cm³/mol. The zero-order valence-corrected chi connectivity index (χ0v) is 8.20. The number of imidazole rings is 1. The number of amidine groups is 1. The smallest absolute Gasteiger partial charge is 0.122 e. The second kappa shape index (κ2) is 2.83. The molecule has 0 amide bonds. The molecule has 4 nitrogen and oxygen atoms in total. The molecule has 0 saturated carbocycles. The molecule has 0 aliphatic rings. The van der Waals surface area contributed by atoms with E-state index in [1.807, 2.05) is 36.7 Å². The second-order valence-electron chi connectivity index (χ2n) is 3.34. The molecule has 0 bridgehead atoms. The first kappa shape index (κ1) is 8.74. The highest BCUT2D eigenvalue weighted by atomic mass is 15.0. The minimum absolute atomic E-state index is 0.0887. The third-order valence-electron chi connectivity index (χ3n) is 2.42. The summed E-state index contributed by atoms with van der Waals surface area (Å²) in [5.74, 6) is 1.05. The van der Waals surface area contributed by atoms with Gasteiger partial charge < -0.3 is 10.3 Å². The minimum atomic E-state index is 0.0887. The zero-order valence-electron chi connectivity index (χ0n) is 8.20. The van der Waals surface area contributed by atoms with Gasteiger partial charge in [-0.1, -0.05) is 0 Å². The monoisotopic (exact) mass is 188 g/mol. The molecular weight excluding hydrogens is 176 g/mol. The molecule has 1 heterocycles. The van der Waals surface area contributed by atoms with Crippen LogP contribution in [-0.4, -0.2) is 15.4 Å². The number of nitrogen functional groups attached to an aromatic ring is 1. The molecule has 2 aromatic rings. The number of fused-ring (bicyclic) bond motifs is 1. The van der Waals surface area contributed by atoms with Crippen molar-refractivity contribution >= 4 is 16.9 Å². The molecule has 0 aliphatic heterocycles. The Balaban J connectivity index is 2.76. The van der Waals surface area contributed by atoms with E-state index in [-0.39, 0.29) is 5.84 Å². The Labute approximate surface area is 81.9 Å². The van der Waals surface area contributed by atoms with Crippen molar-refractivity contribution in [2.24, 2.45) is 12.8 Å². The summed E-state index contributed by atoms with van der Waals surface area (Å²) in [6.45, 7) is 1.95. The number of benzene rings is 1. The Morgan fingerprint density at radius 1 is 1.50 bits per heavy atom. The van der Waals surface area contributed by atoms with Crippen LogP contribution >= 0.6 is 0 Å². The number of hydrogen-bond acceptors (Lipinski definition) is 2. The quantitative estimate of drug-likeness (QED) is 0.521. The summed E-state index contributed by atoms with van der Waals surface area (Å²) in [5.41, 5.74) is 8.10. The SMILES string of the molecule is Cc1nc2ccc(C(=N)N)cc2n1C. The second-order valence-corrected chi connectivity index (χ2v) is 3.34. The van der Waals surface area contributed by atoms with Gasteiger partial charge in [-0.2, -0.15) is 0 Å². The van der Waals surface area contributed by atoms with Gasteiger partial charge in [-0.25, -0.2) is 4.98 Å². The van der Waals surface area contributed by atoms with Crippen molar-refractivity contribution < 1.29 is 0 Å². The highest BCUT2D eigenvalue weighted by Gasteiger charge is 2.05. The number of aromatic nitrogens is 2. The van der Waals surface area contributed by atoms with Gasteiger partial charge in [-0.3, -0.25) is 5.41 Å². The molecule has 3 N–H and O–H groups in total. The normalized spacial score (nSPS) is 10.7. The fourth-order valence-corrected chi connectivity index (χ4v) is 1.48. The van der Waals surface area contributed by atoms with Gasteiger partial charge in [0.05, 0.1) is 11.0 Å². The van der Waals surface area contributed by atoms with E-state index in [0.29, 0.717) is 0 Å². The topological polar surface area (TPSA) is 67.7 Å². The van der Waals surface area contributed by atoms with Gasteiger partial charge >= 0.3 is 0 Å². The van der Waals surface area contributed by atoms with E-state index in [9.17, 15) is 0 Å². The van der Waals surface area contributed by atoms with Crippen LogP contribution < -0.4 is 5.73 Å². The maximum Gasteiger partial charge on any atom is 0.122 e. The number of nitrogens with one attached hydrogen (secondary N) is 1. The highest BCUT2D eigenvalue weighted by molar-refractivity contribution is 5.98. The number of rotatable bonds is 1. The van der Waals surface area contributed by atoms with Crippen LogP contribution in [-0.2, 0) is 7.05 Å². The van der Waals surface area contributed by atoms with Crippen LogP contribution in [0.25, 0.3) is 11.0 Å². The van der Waals surface area contributed by atoms with E-state index in [0.717, 1.165) is 22.4 Å². The summed E-state index contributed by atoms with van der Waals surface area (Å²) < 4.78 is 1.99. The Morgan fingerprint density at radius 3 is 2.86 bits per heavy atom. The molecule has 0 fully saturated rings. The lowest BCUT2D eigenvalue weighted by Crippen LogP contribution is -2.10. The lowest BCUT2D eigenvalue weighted by molar-refractivity contribution is 0.886. The van der Waals surface area contributed by atoms with Crippen molar-refractivity contribution in [3.05, 3.63) is 29.6 Å². The number of hydrogen-bond donors (Lipinski definition) is 2. The van der Waals surface area contributed by atoms with Gasteiger partial charge in [0.1, 0.15) is 11.7 Å². The van der Waals surface area contributed by atoms with Crippen molar-refractivity contribution in [3.8, 4) is 0 Å². The Hall–Kier alpha value is -1.84. The molecule has 1 aromatic carbocycles. The molecule has 0 saturated heterocycles. The van der Waals surface area contributed by atoms with Crippen LogP contribution in [0.2, 0.25) is 0 Å². The van der Waals surface area contributed by atoms with Gasteiger partial charge in [0.25, 0.3) is 0 Å². The van der Waals surface area contributed by atoms with E-state index >= 15 is 0 Å². The lowest BCUT2D eigenvalue weighted by Gasteiger charge is -1.99. The van der Waals surface area contributed by atoms with Crippen LogP contribution in [0, 0.1) is 12.3 Å². The standard InChI is InChI=1S/C10H12N4/c1-6-13-8-4-3-7(10(11)12)5-9(8)14(6)2/h3-5H,1-2H3,(H3,11,12). The average Bonchev–Trinajstić information content (AvgIpc) is 2.43. The van der Waals surface area contributed by atoms with E-state index < -0.39 is 0 Å². The molecule has 0 atom stereocenters. The number of nitrogens with two attached hydrogens (primary N) is 1. The summed E-state index contributed by atoms with van der Waals surface area (Å²) >= 11 is 0. The van der Waals surface area contributed by atoms with E-state index in [4.69, 9.17) is 11.1 Å². The van der Waals surface area contributed by atoms with Crippen molar-refractivity contribution in [2.75, 3.05) is 0 Å². The van der Waals surface area contributed by atoms with Gasteiger partial charge in [-0.15, -0.1) is 0 Å². The van der Waals surface area contributed by atoms with Gasteiger partial charge in [0.2, 0.25) is 0 Å². The largest absolute Gasteiger partial charge is 0.384 e. The summed E-state index contributed by atoms with van der Waals surface area (Å²) in [6, 6.07) is 5.59. The van der Waals surface area contributed by atoms with Gasteiger partial charge in [0.15, 0.2) is 0 Å². The summed E-state index contributed by atoms with van der Waals surface area (Å²) in [4.78, 5) is 4.36. The van der Waals surface area contributed by atoms with Crippen LogP contribution in [0.3, 0.4) is 0 Å². The van der Waals surface area contributed by atoms with Crippen molar-refractivity contribution in [3.63, 3.8) is 0 Å². The van der Waals surface area contributed by atoms with Gasteiger partial charge in [-0.05, 0) is 25.1 Å². The molecule has 0 unspecified atom stereocenters. The fourth-order valence-electron chi connectivity index (χ4n) is 1.48. The molecule has 72 valence electrons. The molecule has 0 radical (unpaired) electrons. The van der Waals surface area contributed by atoms with Crippen molar-refractivity contribution in [1.29, 1.82) is 5.41 Å². The first-order chi connectivity index (χ1) is 6.59.